The van der Waals surface area contributed by atoms with E-state index in [1.54, 1.807) is 25.1 Å². The lowest BCUT2D eigenvalue weighted by Crippen LogP contribution is -2.44. The van der Waals surface area contributed by atoms with Gasteiger partial charge in [-0.25, -0.2) is 4.79 Å². The summed E-state index contributed by atoms with van der Waals surface area (Å²) >= 11 is 0. The monoisotopic (exact) mass is 411 g/mol. The molecular formula is C24H29NO5. The second-order valence-corrected chi connectivity index (χ2v) is 7.38. The third kappa shape index (κ3) is 4.65. The molecule has 0 bridgehead atoms. The predicted octanol–water partition coefficient (Wildman–Crippen LogP) is 4.26. The average Bonchev–Trinajstić information content (AvgIpc) is 2.76. The maximum atomic E-state index is 13.5. The molecule has 1 saturated heterocycles. The minimum atomic E-state index is -0.672. The van der Waals surface area contributed by atoms with Gasteiger partial charge in [0.15, 0.2) is 0 Å². The van der Waals surface area contributed by atoms with Gasteiger partial charge in [-0.1, -0.05) is 29.8 Å². The van der Waals surface area contributed by atoms with Gasteiger partial charge in [0, 0.05) is 18.9 Å². The molecule has 2 aromatic rings. The Morgan fingerprint density at radius 3 is 2.37 bits per heavy atom. The van der Waals surface area contributed by atoms with Crippen molar-refractivity contribution in [3.05, 3.63) is 59.2 Å². The number of amides is 1. The molecular weight excluding hydrogens is 382 g/mol. The van der Waals surface area contributed by atoms with Gasteiger partial charge in [-0.05, 0) is 57.4 Å². The highest BCUT2D eigenvalue weighted by Gasteiger charge is 2.41. The van der Waals surface area contributed by atoms with Crippen LogP contribution in [-0.2, 0) is 19.7 Å². The lowest BCUT2D eigenvalue weighted by Gasteiger charge is -2.36. The number of esters is 1. The van der Waals surface area contributed by atoms with Crippen LogP contribution >= 0.6 is 0 Å². The molecule has 0 aromatic heterocycles. The number of anilines is 1. The van der Waals surface area contributed by atoms with Gasteiger partial charge in [0.05, 0.1) is 18.6 Å². The Labute approximate surface area is 177 Å². The average molecular weight is 411 g/mol. The number of hydrogen-bond donors (Lipinski definition) is 1. The summed E-state index contributed by atoms with van der Waals surface area (Å²) in [5.74, 6) is -0.141. The zero-order valence-electron chi connectivity index (χ0n) is 17.8. The first-order valence-corrected chi connectivity index (χ1v) is 10.4. The highest BCUT2D eigenvalue weighted by Crippen LogP contribution is 2.37. The molecule has 2 aromatic carbocycles. The molecule has 0 unspecified atom stereocenters. The van der Waals surface area contributed by atoms with Crippen LogP contribution in [0.15, 0.2) is 42.5 Å². The Hall–Kier alpha value is -2.86. The molecule has 1 amide bonds. The number of ether oxygens (including phenoxy) is 3. The summed E-state index contributed by atoms with van der Waals surface area (Å²) in [4.78, 5) is 25.8. The number of aryl methyl sites for hydroxylation is 1. The quantitative estimate of drug-likeness (QED) is 0.689. The van der Waals surface area contributed by atoms with Crippen molar-refractivity contribution < 1.29 is 23.8 Å². The largest absolute Gasteiger partial charge is 0.493 e. The van der Waals surface area contributed by atoms with Crippen molar-refractivity contribution in [3.63, 3.8) is 0 Å². The van der Waals surface area contributed by atoms with Crippen LogP contribution in [0, 0.1) is 6.92 Å². The molecule has 1 heterocycles. The van der Waals surface area contributed by atoms with Gasteiger partial charge in [0.1, 0.15) is 11.3 Å². The van der Waals surface area contributed by atoms with Crippen molar-refractivity contribution in [1.82, 2.24) is 0 Å². The second-order valence-electron chi connectivity index (χ2n) is 7.38. The van der Waals surface area contributed by atoms with Gasteiger partial charge in [-0.15, -0.1) is 0 Å². The zero-order chi connectivity index (χ0) is 21.6. The highest BCUT2D eigenvalue weighted by molar-refractivity contribution is 6.01. The smallest absolute Gasteiger partial charge is 0.341 e. The molecule has 0 radical (unpaired) electrons. The van der Waals surface area contributed by atoms with E-state index < -0.39 is 11.4 Å². The first-order chi connectivity index (χ1) is 14.5. The second kappa shape index (κ2) is 9.76. The molecule has 6 heteroatoms. The maximum absolute atomic E-state index is 13.5. The first-order valence-electron chi connectivity index (χ1n) is 10.4. The van der Waals surface area contributed by atoms with Gasteiger partial charge in [0.25, 0.3) is 0 Å². The number of carbonyl (C=O) groups is 2. The van der Waals surface area contributed by atoms with Crippen LogP contribution in [0.2, 0.25) is 0 Å². The third-order valence-electron chi connectivity index (χ3n) is 5.42. The molecule has 160 valence electrons. The van der Waals surface area contributed by atoms with Gasteiger partial charge in [-0.2, -0.15) is 0 Å². The lowest BCUT2D eigenvalue weighted by atomic mass is 9.73. The Kier molecular flexibility index (Phi) is 7.11. The standard InChI is InChI=1S/C24H29NO5/c1-4-29-21-11-10-19(16-20(21)22(26)30-5-2)25-23(27)24(12-14-28-15-13-24)18-8-6-17(3)7-9-18/h6-11,16H,4-5,12-15H2,1-3H3,(H,25,27). The van der Waals surface area contributed by atoms with Gasteiger partial charge in [0.2, 0.25) is 5.91 Å². The van der Waals surface area contributed by atoms with Gasteiger partial charge >= 0.3 is 5.97 Å². The molecule has 1 fully saturated rings. The van der Waals surface area contributed by atoms with Crippen LogP contribution in [0.4, 0.5) is 5.69 Å². The fourth-order valence-electron chi connectivity index (χ4n) is 3.75. The Morgan fingerprint density at radius 1 is 1.03 bits per heavy atom. The summed E-state index contributed by atoms with van der Waals surface area (Å²) in [7, 11) is 0. The summed E-state index contributed by atoms with van der Waals surface area (Å²) in [5, 5.41) is 3.01. The summed E-state index contributed by atoms with van der Waals surface area (Å²) in [6.45, 7) is 7.36. The number of rotatable bonds is 7. The van der Waals surface area contributed by atoms with Crippen LogP contribution in [-0.4, -0.2) is 38.3 Å². The van der Waals surface area contributed by atoms with Crippen molar-refractivity contribution in [2.45, 2.75) is 39.0 Å². The number of carbonyl (C=O) groups excluding carboxylic acids is 2. The molecule has 1 aliphatic heterocycles. The molecule has 0 atom stereocenters. The van der Waals surface area contributed by atoms with E-state index in [2.05, 4.69) is 5.32 Å². The zero-order valence-corrected chi connectivity index (χ0v) is 17.8. The van der Waals surface area contributed by atoms with Gasteiger partial charge < -0.3 is 19.5 Å². The van der Waals surface area contributed by atoms with Crippen LogP contribution in [0.5, 0.6) is 5.75 Å². The highest BCUT2D eigenvalue weighted by atomic mass is 16.5. The van der Waals surface area contributed by atoms with E-state index in [9.17, 15) is 9.59 Å². The minimum Gasteiger partial charge on any atom is -0.493 e. The topological polar surface area (TPSA) is 73.9 Å². The van der Waals surface area contributed by atoms with Crippen molar-refractivity contribution in [1.29, 1.82) is 0 Å². The Balaban J connectivity index is 1.91. The van der Waals surface area contributed by atoms with Crippen molar-refractivity contribution in [3.8, 4) is 5.75 Å². The predicted molar refractivity (Wildman–Crippen MR) is 115 cm³/mol. The molecule has 1 N–H and O–H groups in total. The van der Waals surface area contributed by atoms with E-state index in [4.69, 9.17) is 14.2 Å². The molecule has 0 saturated carbocycles. The fourth-order valence-corrected chi connectivity index (χ4v) is 3.75. The summed E-state index contributed by atoms with van der Waals surface area (Å²) < 4.78 is 16.2. The normalized spacial score (nSPS) is 15.3. The molecule has 1 aliphatic rings. The van der Waals surface area contributed by atoms with Crippen LogP contribution in [0.25, 0.3) is 0 Å². The van der Waals surface area contributed by atoms with Gasteiger partial charge in [-0.3, -0.25) is 4.79 Å². The Bertz CT molecular complexity index is 885. The fraction of sp³-hybridized carbons (Fsp3) is 0.417. The van der Waals surface area contributed by atoms with E-state index in [1.165, 1.54) is 0 Å². The summed E-state index contributed by atoms with van der Waals surface area (Å²) in [6.07, 6.45) is 1.20. The molecule has 0 spiro atoms. The molecule has 3 rings (SSSR count). The van der Waals surface area contributed by atoms with E-state index in [0.717, 1.165) is 11.1 Å². The van der Waals surface area contributed by atoms with E-state index in [-0.39, 0.29) is 12.5 Å². The minimum absolute atomic E-state index is 0.103. The SMILES string of the molecule is CCOC(=O)c1cc(NC(=O)C2(c3ccc(C)cc3)CCOCC2)ccc1OCC. The van der Waals surface area contributed by atoms with Crippen molar-refractivity contribution in [2.24, 2.45) is 0 Å². The molecule has 30 heavy (non-hydrogen) atoms. The first kappa shape index (κ1) is 21.8. The van der Waals surface area contributed by atoms with Crippen molar-refractivity contribution >= 4 is 17.6 Å². The lowest BCUT2D eigenvalue weighted by molar-refractivity contribution is -0.125. The van der Waals surface area contributed by atoms with E-state index >= 15 is 0 Å². The van der Waals surface area contributed by atoms with Crippen LogP contribution in [0.1, 0.15) is 48.2 Å². The summed E-state index contributed by atoms with van der Waals surface area (Å²) in [5.41, 5.74) is 2.28. The van der Waals surface area contributed by atoms with Crippen LogP contribution < -0.4 is 10.1 Å². The van der Waals surface area contributed by atoms with Crippen LogP contribution in [0.3, 0.4) is 0 Å². The third-order valence-corrected chi connectivity index (χ3v) is 5.42. The number of hydrogen-bond acceptors (Lipinski definition) is 5. The Morgan fingerprint density at radius 2 is 1.73 bits per heavy atom. The van der Waals surface area contributed by atoms with E-state index in [1.807, 2.05) is 38.1 Å². The summed E-state index contributed by atoms with van der Waals surface area (Å²) in [6, 6.07) is 13.1. The van der Waals surface area contributed by atoms with Crippen molar-refractivity contribution in [2.75, 3.05) is 31.7 Å². The molecule has 0 aliphatic carbocycles. The number of benzene rings is 2. The van der Waals surface area contributed by atoms with E-state index in [0.29, 0.717) is 49.7 Å². The number of nitrogens with one attached hydrogen (secondary N) is 1. The molecule has 6 nitrogen and oxygen atoms in total. The maximum Gasteiger partial charge on any atom is 0.341 e.